The maximum absolute atomic E-state index is 5.79. The van der Waals surface area contributed by atoms with Crippen LogP contribution in [0.3, 0.4) is 0 Å². The van der Waals surface area contributed by atoms with Crippen molar-refractivity contribution in [2.75, 3.05) is 12.9 Å². The summed E-state index contributed by atoms with van der Waals surface area (Å²) in [4.78, 5) is 0. The van der Waals surface area contributed by atoms with Gasteiger partial charge in [0.1, 0.15) is 18.1 Å². The van der Waals surface area contributed by atoms with Gasteiger partial charge in [-0.05, 0) is 42.0 Å². The molecule has 0 amide bonds. The summed E-state index contributed by atoms with van der Waals surface area (Å²) in [5.41, 5.74) is 0.942. The quantitative estimate of drug-likeness (QED) is 0.394. The SMILES string of the molecule is CSc1nnc(COc2ccccc2)n1/N=C\c1cccc(OCC(C)C)c1. The third kappa shape index (κ3) is 5.60. The van der Waals surface area contributed by atoms with Gasteiger partial charge in [0.05, 0.1) is 12.8 Å². The Labute approximate surface area is 169 Å². The Kier molecular flexibility index (Phi) is 7.08. The van der Waals surface area contributed by atoms with Crippen molar-refractivity contribution < 1.29 is 9.47 Å². The normalized spacial score (nSPS) is 11.3. The molecule has 2 aromatic carbocycles. The van der Waals surface area contributed by atoms with Gasteiger partial charge < -0.3 is 9.47 Å². The van der Waals surface area contributed by atoms with E-state index in [1.807, 2.05) is 60.9 Å². The van der Waals surface area contributed by atoms with Crippen LogP contribution in [0.25, 0.3) is 0 Å². The Bertz CT molecular complexity index is 910. The molecule has 1 aromatic heterocycles. The average Bonchev–Trinajstić information content (AvgIpc) is 3.12. The topological polar surface area (TPSA) is 61.5 Å². The molecule has 0 N–H and O–H groups in total. The first-order chi connectivity index (χ1) is 13.7. The third-order valence-corrected chi connectivity index (χ3v) is 4.35. The van der Waals surface area contributed by atoms with Crippen LogP contribution in [-0.4, -0.2) is 34.0 Å². The summed E-state index contributed by atoms with van der Waals surface area (Å²) in [6.45, 7) is 5.22. The number of hydrogen-bond donors (Lipinski definition) is 0. The molecular formula is C21H24N4O2S. The molecule has 6 nitrogen and oxygen atoms in total. The number of rotatable bonds is 9. The molecular weight excluding hydrogens is 372 g/mol. The van der Waals surface area contributed by atoms with E-state index in [4.69, 9.17) is 9.47 Å². The summed E-state index contributed by atoms with van der Waals surface area (Å²) in [7, 11) is 0. The van der Waals surface area contributed by atoms with E-state index in [0.717, 1.165) is 17.1 Å². The van der Waals surface area contributed by atoms with Gasteiger partial charge in [0.2, 0.25) is 5.16 Å². The summed E-state index contributed by atoms with van der Waals surface area (Å²) in [6.07, 6.45) is 3.72. The summed E-state index contributed by atoms with van der Waals surface area (Å²) in [6, 6.07) is 17.5. The monoisotopic (exact) mass is 396 g/mol. The fourth-order valence-electron chi connectivity index (χ4n) is 2.37. The number of nitrogens with zero attached hydrogens (tertiary/aromatic N) is 4. The zero-order chi connectivity index (χ0) is 19.8. The Morgan fingerprint density at radius 3 is 2.57 bits per heavy atom. The lowest BCUT2D eigenvalue weighted by atomic mass is 10.2. The molecule has 0 aliphatic rings. The summed E-state index contributed by atoms with van der Waals surface area (Å²) >= 11 is 1.48. The van der Waals surface area contributed by atoms with Crippen LogP contribution in [-0.2, 0) is 6.61 Å². The van der Waals surface area contributed by atoms with Gasteiger partial charge in [-0.1, -0.05) is 55.9 Å². The average molecular weight is 397 g/mol. The molecule has 7 heteroatoms. The number of thioether (sulfide) groups is 1. The van der Waals surface area contributed by atoms with Crippen molar-refractivity contribution in [1.82, 2.24) is 14.9 Å². The van der Waals surface area contributed by atoms with Crippen LogP contribution in [0.15, 0.2) is 64.9 Å². The van der Waals surface area contributed by atoms with Gasteiger partial charge in [-0.3, -0.25) is 0 Å². The molecule has 0 atom stereocenters. The minimum absolute atomic E-state index is 0.284. The van der Waals surface area contributed by atoms with Crippen LogP contribution in [0.2, 0.25) is 0 Å². The second kappa shape index (κ2) is 9.94. The van der Waals surface area contributed by atoms with Gasteiger partial charge in [0.15, 0.2) is 5.82 Å². The van der Waals surface area contributed by atoms with Crippen molar-refractivity contribution >= 4 is 18.0 Å². The summed E-state index contributed by atoms with van der Waals surface area (Å²) < 4.78 is 13.3. The van der Waals surface area contributed by atoms with E-state index in [0.29, 0.717) is 23.5 Å². The summed E-state index contributed by atoms with van der Waals surface area (Å²) in [5.74, 6) is 2.73. The first-order valence-corrected chi connectivity index (χ1v) is 10.3. The van der Waals surface area contributed by atoms with E-state index in [9.17, 15) is 0 Å². The van der Waals surface area contributed by atoms with E-state index in [1.54, 1.807) is 10.9 Å². The van der Waals surface area contributed by atoms with Crippen LogP contribution in [0.1, 0.15) is 25.2 Å². The third-order valence-electron chi connectivity index (χ3n) is 3.73. The van der Waals surface area contributed by atoms with Crippen molar-refractivity contribution in [3.05, 3.63) is 66.0 Å². The molecule has 0 aliphatic carbocycles. The van der Waals surface area contributed by atoms with Crippen LogP contribution < -0.4 is 9.47 Å². The molecule has 0 aliphatic heterocycles. The molecule has 0 saturated carbocycles. The lowest BCUT2D eigenvalue weighted by molar-refractivity contribution is 0.271. The predicted molar refractivity (Wildman–Crippen MR) is 112 cm³/mol. The van der Waals surface area contributed by atoms with Crippen molar-refractivity contribution in [3.63, 3.8) is 0 Å². The smallest absolute Gasteiger partial charge is 0.211 e. The molecule has 0 spiro atoms. The zero-order valence-corrected chi connectivity index (χ0v) is 17.1. The van der Waals surface area contributed by atoms with Crippen LogP contribution >= 0.6 is 11.8 Å². The molecule has 28 heavy (non-hydrogen) atoms. The fraction of sp³-hybridized carbons (Fsp3) is 0.286. The van der Waals surface area contributed by atoms with Crippen molar-refractivity contribution in [2.45, 2.75) is 25.6 Å². The van der Waals surface area contributed by atoms with E-state index in [1.165, 1.54) is 11.8 Å². The first kappa shape index (κ1) is 19.9. The van der Waals surface area contributed by atoms with E-state index >= 15 is 0 Å². The first-order valence-electron chi connectivity index (χ1n) is 9.09. The van der Waals surface area contributed by atoms with Crippen LogP contribution in [0.5, 0.6) is 11.5 Å². The Morgan fingerprint density at radius 2 is 1.82 bits per heavy atom. The largest absolute Gasteiger partial charge is 0.493 e. The van der Waals surface area contributed by atoms with Gasteiger partial charge in [-0.2, -0.15) is 9.78 Å². The molecule has 1 heterocycles. The second-order valence-electron chi connectivity index (χ2n) is 6.54. The zero-order valence-electron chi connectivity index (χ0n) is 16.3. The van der Waals surface area contributed by atoms with Gasteiger partial charge in [0, 0.05) is 0 Å². The van der Waals surface area contributed by atoms with E-state index < -0.39 is 0 Å². The highest BCUT2D eigenvalue weighted by Crippen LogP contribution is 2.17. The number of para-hydroxylation sites is 1. The fourth-order valence-corrected chi connectivity index (χ4v) is 2.81. The van der Waals surface area contributed by atoms with E-state index in [-0.39, 0.29) is 6.61 Å². The number of aromatic nitrogens is 3. The lowest BCUT2D eigenvalue weighted by Gasteiger charge is -2.09. The van der Waals surface area contributed by atoms with Crippen molar-refractivity contribution in [1.29, 1.82) is 0 Å². The Balaban J connectivity index is 1.74. The molecule has 3 rings (SSSR count). The van der Waals surface area contributed by atoms with Gasteiger partial charge >= 0.3 is 0 Å². The standard InChI is InChI=1S/C21H24N4O2S/c1-16(2)14-26-19-11-7-8-17(12-19)13-22-25-20(23-24-21(25)28-3)15-27-18-9-5-4-6-10-18/h4-13,16H,14-15H2,1-3H3/b22-13-. The number of ether oxygens (including phenoxy) is 2. The van der Waals surface area contributed by atoms with Crippen LogP contribution in [0, 0.1) is 5.92 Å². The highest BCUT2D eigenvalue weighted by Gasteiger charge is 2.11. The maximum atomic E-state index is 5.79. The number of benzene rings is 2. The minimum Gasteiger partial charge on any atom is -0.493 e. The molecule has 0 fully saturated rings. The molecule has 0 unspecified atom stereocenters. The van der Waals surface area contributed by atoms with E-state index in [2.05, 4.69) is 29.1 Å². The molecule has 0 bridgehead atoms. The van der Waals surface area contributed by atoms with Gasteiger partial charge in [-0.25, -0.2) is 0 Å². The highest BCUT2D eigenvalue weighted by atomic mass is 32.2. The second-order valence-corrected chi connectivity index (χ2v) is 7.31. The van der Waals surface area contributed by atoms with Crippen LogP contribution in [0.4, 0.5) is 0 Å². The number of hydrogen-bond acceptors (Lipinski definition) is 6. The summed E-state index contributed by atoms with van der Waals surface area (Å²) in [5, 5.41) is 13.7. The predicted octanol–water partition coefficient (Wildman–Crippen LogP) is 4.50. The maximum Gasteiger partial charge on any atom is 0.211 e. The minimum atomic E-state index is 0.284. The molecule has 146 valence electrons. The van der Waals surface area contributed by atoms with Crippen molar-refractivity contribution in [3.8, 4) is 11.5 Å². The van der Waals surface area contributed by atoms with Crippen molar-refractivity contribution in [2.24, 2.45) is 11.0 Å². The van der Waals surface area contributed by atoms with Gasteiger partial charge in [0.25, 0.3) is 0 Å². The molecule has 3 aromatic rings. The lowest BCUT2D eigenvalue weighted by Crippen LogP contribution is -2.05. The molecule has 0 saturated heterocycles. The van der Waals surface area contributed by atoms with Gasteiger partial charge in [-0.15, -0.1) is 10.2 Å². The Hall–Kier alpha value is -2.80. The molecule has 0 radical (unpaired) electrons. The highest BCUT2D eigenvalue weighted by molar-refractivity contribution is 7.98. The Morgan fingerprint density at radius 1 is 1.04 bits per heavy atom.